The summed E-state index contributed by atoms with van der Waals surface area (Å²) < 4.78 is 3.70. The standard InChI is InChI=1S/C15H12N4O2S/c1-9-14(22-19-17-9)15(21)18-16-8-11-7-6-10-4-2-3-5-12(10)13(11)20/h2-8,20H,1H3,(H,18,21). The van der Waals surface area contributed by atoms with Gasteiger partial charge in [-0.2, -0.15) is 5.10 Å². The van der Waals surface area contributed by atoms with Crippen molar-refractivity contribution in [3.8, 4) is 5.75 Å². The van der Waals surface area contributed by atoms with Crippen LogP contribution in [0.15, 0.2) is 41.5 Å². The maximum absolute atomic E-state index is 11.9. The van der Waals surface area contributed by atoms with Crippen LogP contribution >= 0.6 is 11.5 Å². The summed E-state index contributed by atoms with van der Waals surface area (Å²) in [6.45, 7) is 1.71. The van der Waals surface area contributed by atoms with Gasteiger partial charge in [0.1, 0.15) is 10.6 Å². The summed E-state index contributed by atoms with van der Waals surface area (Å²) in [4.78, 5) is 12.3. The predicted molar refractivity (Wildman–Crippen MR) is 85.3 cm³/mol. The summed E-state index contributed by atoms with van der Waals surface area (Å²) in [6, 6.07) is 11.1. The van der Waals surface area contributed by atoms with E-state index in [9.17, 15) is 9.90 Å². The van der Waals surface area contributed by atoms with Gasteiger partial charge in [0.15, 0.2) is 0 Å². The molecule has 0 aliphatic carbocycles. The van der Waals surface area contributed by atoms with E-state index in [4.69, 9.17) is 0 Å². The number of hydrogen-bond acceptors (Lipinski definition) is 6. The van der Waals surface area contributed by atoms with Gasteiger partial charge in [0.05, 0.1) is 11.9 Å². The summed E-state index contributed by atoms with van der Waals surface area (Å²) in [5.41, 5.74) is 3.49. The Labute approximate surface area is 130 Å². The first-order valence-electron chi connectivity index (χ1n) is 6.50. The topological polar surface area (TPSA) is 87.5 Å². The molecule has 7 heteroatoms. The van der Waals surface area contributed by atoms with Crippen LogP contribution in [0, 0.1) is 6.92 Å². The zero-order chi connectivity index (χ0) is 15.5. The number of carbonyl (C=O) groups excluding carboxylic acids is 1. The molecule has 0 aliphatic heterocycles. The van der Waals surface area contributed by atoms with Crippen LogP contribution in [-0.4, -0.2) is 26.8 Å². The molecule has 0 radical (unpaired) electrons. The number of aromatic nitrogens is 2. The number of aryl methyl sites for hydroxylation is 1. The highest BCUT2D eigenvalue weighted by Crippen LogP contribution is 2.27. The average Bonchev–Trinajstić information content (AvgIpc) is 2.96. The minimum absolute atomic E-state index is 0.131. The summed E-state index contributed by atoms with van der Waals surface area (Å²) in [5, 5.41) is 19.5. The maximum Gasteiger partial charge on any atom is 0.285 e. The lowest BCUT2D eigenvalue weighted by Crippen LogP contribution is -2.17. The maximum atomic E-state index is 11.9. The lowest BCUT2D eigenvalue weighted by Gasteiger charge is -2.04. The Hall–Kier alpha value is -2.80. The molecule has 0 atom stereocenters. The third kappa shape index (κ3) is 2.66. The second kappa shape index (κ2) is 5.90. The molecule has 0 bridgehead atoms. The van der Waals surface area contributed by atoms with Crippen molar-refractivity contribution in [3.05, 3.63) is 52.5 Å². The average molecular weight is 312 g/mol. The van der Waals surface area contributed by atoms with Gasteiger partial charge in [-0.15, -0.1) is 5.10 Å². The molecule has 0 unspecified atom stereocenters. The van der Waals surface area contributed by atoms with Crippen LogP contribution < -0.4 is 5.43 Å². The molecule has 0 saturated heterocycles. The van der Waals surface area contributed by atoms with Crippen molar-refractivity contribution < 1.29 is 9.90 Å². The number of hydrogen-bond donors (Lipinski definition) is 2. The highest BCUT2D eigenvalue weighted by molar-refractivity contribution is 7.07. The number of phenolic OH excluding ortho intramolecular Hbond substituents is 1. The molecule has 3 aromatic rings. The molecule has 0 fully saturated rings. The van der Waals surface area contributed by atoms with Crippen LogP contribution in [0.25, 0.3) is 10.8 Å². The minimum Gasteiger partial charge on any atom is -0.507 e. The van der Waals surface area contributed by atoms with Gasteiger partial charge in [-0.3, -0.25) is 4.79 Å². The molecule has 22 heavy (non-hydrogen) atoms. The van der Waals surface area contributed by atoms with Crippen molar-refractivity contribution in [2.24, 2.45) is 5.10 Å². The van der Waals surface area contributed by atoms with E-state index in [2.05, 4.69) is 20.1 Å². The molecule has 1 heterocycles. The third-order valence-corrected chi connectivity index (χ3v) is 3.99. The van der Waals surface area contributed by atoms with Crippen LogP contribution in [0.2, 0.25) is 0 Å². The summed E-state index contributed by atoms with van der Waals surface area (Å²) in [6.07, 6.45) is 1.41. The molecule has 110 valence electrons. The minimum atomic E-state index is -0.371. The molecule has 0 spiro atoms. The molecular weight excluding hydrogens is 300 g/mol. The Morgan fingerprint density at radius 3 is 2.91 bits per heavy atom. The largest absolute Gasteiger partial charge is 0.507 e. The van der Waals surface area contributed by atoms with Crippen molar-refractivity contribution in [1.82, 2.24) is 15.0 Å². The van der Waals surface area contributed by atoms with Gasteiger partial charge in [-0.05, 0) is 29.9 Å². The van der Waals surface area contributed by atoms with Crippen LogP contribution in [0.3, 0.4) is 0 Å². The number of carbonyl (C=O) groups is 1. The first-order chi connectivity index (χ1) is 10.7. The molecule has 0 aliphatic rings. The van der Waals surface area contributed by atoms with E-state index in [1.54, 1.807) is 13.0 Å². The monoisotopic (exact) mass is 312 g/mol. The Balaban J connectivity index is 1.80. The van der Waals surface area contributed by atoms with E-state index >= 15 is 0 Å². The quantitative estimate of drug-likeness (QED) is 0.574. The molecule has 2 N–H and O–H groups in total. The van der Waals surface area contributed by atoms with Crippen LogP contribution in [-0.2, 0) is 0 Å². The lowest BCUT2D eigenvalue weighted by atomic mass is 10.1. The number of benzene rings is 2. The number of nitrogens with one attached hydrogen (secondary N) is 1. The number of fused-ring (bicyclic) bond motifs is 1. The van der Waals surface area contributed by atoms with E-state index in [1.807, 2.05) is 30.3 Å². The molecule has 1 aromatic heterocycles. The first kappa shape index (κ1) is 14.2. The molecule has 2 aromatic carbocycles. The number of nitrogens with zero attached hydrogens (tertiary/aromatic N) is 3. The predicted octanol–water partition coefficient (Wildman–Crippen LogP) is 2.47. The Kier molecular flexibility index (Phi) is 3.80. The van der Waals surface area contributed by atoms with E-state index in [1.165, 1.54) is 6.21 Å². The van der Waals surface area contributed by atoms with E-state index in [0.29, 0.717) is 16.1 Å². The molecule has 6 nitrogen and oxygen atoms in total. The fourth-order valence-electron chi connectivity index (χ4n) is 2.03. The second-order valence-corrected chi connectivity index (χ2v) is 5.37. The van der Waals surface area contributed by atoms with Gasteiger partial charge < -0.3 is 5.11 Å². The molecule has 0 saturated carbocycles. The highest BCUT2D eigenvalue weighted by Gasteiger charge is 2.12. The number of phenols is 1. The van der Waals surface area contributed by atoms with Gasteiger partial charge in [-0.25, -0.2) is 5.43 Å². The molecule has 1 amide bonds. The number of aromatic hydroxyl groups is 1. The second-order valence-electron chi connectivity index (χ2n) is 4.61. The summed E-state index contributed by atoms with van der Waals surface area (Å²) in [5.74, 6) is -0.240. The van der Waals surface area contributed by atoms with E-state index in [-0.39, 0.29) is 11.7 Å². The fraction of sp³-hybridized carbons (Fsp3) is 0.0667. The van der Waals surface area contributed by atoms with Crippen molar-refractivity contribution in [1.29, 1.82) is 0 Å². The number of amides is 1. The first-order valence-corrected chi connectivity index (χ1v) is 7.27. The van der Waals surface area contributed by atoms with Crippen molar-refractivity contribution in [2.45, 2.75) is 6.92 Å². The Morgan fingerprint density at radius 2 is 2.14 bits per heavy atom. The Morgan fingerprint density at radius 1 is 1.32 bits per heavy atom. The van der Waals surface area contributed by atoms with Gasteiger partial charge >= 0.3 is 0 Å². The van der Waals surface area contributed by atoms with Crippen molar-refractivity contribution in [3.63, 3.8) is 0 Å². The SMILES string of the molecule is Cc1nnsc1C(=O)NN=Cc1ccc2ccccc2c1O. The van der Waals surface area contributed by atoms with Gasteiger partial charge in [0.2, 0.25) is 0 Å². The van der Waals surface area contributed by atoms with Crippen molar-refractivity contribution in [2.75, 3.05) is 0 Å². The van der Waals surface area contributed by atoms with E-state index in [0.717, 1.165) is 22.3 Å². The van der Waals surface area contributed by atoms with Gasteiger partial charge in [-0.1, -0.05) is 34.8 Å². The lowest BCUT2D eigenvalue weighted by molar-refractivity contribution is 0.0958. The summed E-state index contributed by atoms with van der Waals surface area (Å²) in [7, 11) is 0. The van der Waals surface area contributed by atoms with Crippen molar-refractivity contribution >= 4 is 34.4 Å². The van der Waals surface area contributed by atoms with Crippen LogP contribution in [0.1, 0.15) is 20.9 Å². The Bertz CT molecular complexity index is 873. The normalized spacial score (nSPS) is 11.1. The smallest absolute Gasteiger partial charge is 0.285 e. The van der Waals surface area contributed by atoms with Crippen LogP contribution in [0.5, 0.6) is 5.75 Å². The zero-order valence-corrected chi connectivity index (χ0v) is 12.5. The van der Waals surface area contributed by atoms with Gasteiger partial charge in [0, 0.05) is 10.9 Å². The molecule has 3 rings (SSSR count). The summed E-state index contributed by atoms with van der Waals surface area (Å²) >= 11 is 1.01. The van der Waals surface area contributed by atoms with Crippen LogP contribution in [0.4, 0.5) is 0 Å². The fourth-order valence-corrected chi connectivity index (χ4v) is 2.57. The van der Waals surface area contributed by atoms with E-state index < -0.39 is 0 Å². The van der Waals surface area contributed by atoms with Gasteiger partial charge in [0.25, 0.3) is 5.91 Å². The third-order valence-electron chi connectivity index (χ3n) is 3.16. The molecular formula is C15H12N4O2S. The highest BCUT2D eigenvalue weighted by atomic mass is 32.1. The zero-order valence-electron chi connectivity index (χ0n) is 11.6. The number of hydrazone groups is 1. The number of rotatable bonds is 3.